The molecule has 0 radical (unpaired) electrons. The number of rotatable bonds is 2. The molecular formula is C9H6Cl5N. The zero-order valence-corrected chi connectivity index (χ0v) is 11.1. The van der Waals surface area contributed by atoms with Gasteiger partial charge in [-0.2, -0.15) is 0 Å². The van der Waals surface area contributed by atoms with Crippen molar-refractivity contribution in [3.05, 3.63) is 35.9 Å². The Kier molecular flexibility index (Phi) is 5.01. The normalized spacial score (nSPS) is 15.1. The van der Waals surface area contributed by atoms with Gasteiger partial charge in [0, 0.05) is 5.56 Å². The third-order valence-electron chi connectivity index (χ3n) is 1.51. The lowest BCUT2D eigenvalue weighted by molar-refractivity contribution is 0.938. The maximum atomic E-state index is 5.90. The second-order valence-electron chi connectivity index (χ2n) is 2.66. The zero-order valence-electron chi connectivity index (χ0n) is 7.30. The summed E-state index contributed by atoms with van der Waals surface area (Å²) in [7, 11) is 0. The highest BCUT2D eigenvalue weighted by molar-refractivity contribution is 6.72. The molecule has 6 heteroatoms. The summed E-state index contributed by atoms with van der Waals surface area (Å²) < 4.78 is -1.67. The summed E-state index contributed by atoms with van der Waals surface area (Å²) in [5.74, 6) is 0. The number of hydrogen-bond acceptors (Lipinski definition) is 1. The smallest absolute Gasteiger partial charge is 0.226 e. The highest BCUT2D eigenvalue weighted by Gasteiger charge is 2.30. The number of halogens is 5. The Balaban J connectivity index is 2.86. The van der Waals surface area contributed by atoms with Crippen molar-refractivity contribution in [2.45, 2.75) is 9.29 Å². The predicted molar refractivity (Wildman–Crippen MR) is 68.8 cm³/mol. The van der Waals surface area contributed by atoms with Crippen LogP contribution in [-0.4, -0.2) is 14.5 Å². The Morgan fingerprint density at radius 2 is 1.67 bits per heavy atom. The molecule has 1 aromatic rings. The summed E-state index contributed by atoms with van der Waals surface area (Å²) in [6, 6.07) is 9.08. The van der Waals surface area contributed by atoms with E-state index in [1.54, 1.807) is 12.1 Å². The summed E-state index contributed by atoms with van der Waals surface area (Å²) in [5.41, 5.74) is -0.297. The first-order valence-electron chi connectivity index (χ1n) is 3.91. The SMILES string of the molecule is Cl/C(=N\C(Cl)C(Cl)(Cl)Cl)c1ccccc1. The van der Waals surface area contributed by atoms with Crippen molar-refractivity contribution < 1.29 is 0 Å². The number of alkyl halides is 4. The van der Waals surface area contributed by atoms with Crippen LogP contribution in [0.5, 0.6) is 0 Å². The first-order chi connectivity index (χ1) is 6.91. The fourth-order valence-corrected chi connectivity index (χ4v) is 1.34. The van der Waals surface area contributed by atoms with E-state index in [1.807, 2.05) is 18.2 Å². The van der Waals surface area contributed by atoms with Crippen molar-refractivity contribution >= 4 is 63.2 Å². The van der Waals surface area contributed by atoms with Crippen LogP contribution in [0.2, 0.25) is 0 Å². The Morgan fingerprint density at radius 3 is 2.13 bits per heavy atom. The van der Waals surface area contributed by atoms with Gasteiger partial charge < -0.3 is 0 Å². The van der Waals surface area contributed by atoms with E-state index in [9.17, 15) is 0 Å². The van der Waals surface area contributed by atoms with Gasteiger partial charge in [-0.15, -0.1) is 0 Å². The van der Waals surface area contributed by atoms with Crippen LogP contribution >= 0.6 is 58.0 Å². The molecule has 1 rings (SSSR count). The van der Waals surface area contributed by atoms with Crippen molar-refractivity contribution in [3.63, 3.8) is 0 Å². The molecule has 1 atom stereocenters. The summed E-state index contributed by atoms with van der Waals surface area (Å²) in [4.78, 5) is 3.87. The van der Waals surface area contributed by atoms with Gasteiger partial charge in [-0.25, -0.2) is 4.99 Å². The van der Waals surface area contributed by atoms with E-state index in [0.29, 0.717) is 0 Å². The summed E-state index contributed by atoms with van der Waals surface area (Å²) in [6.07, 6.45) is 0. The van der Waals surface area contributed by atoms with Crippen molar-refractivity contribution in [2.24, 2.45) is 4.99 Å². The average Bonchev–Trinajstić information content (AvgIpc) is 2.17. The topological polar surface area (TPSA) is 12.4 Å². The number of aliphatic imine (C=N–C) groups is 1. The molecule has 0 aliphatic rings. The third kappa shape index (κ3) is 4.38. The van der Waals surface area contributed by atoms with E-state index in [4.69, 9.17) is 58.0 Å². The van der Waals surface area contributed by atoms with E-state index in [0.717, 1.165) is 5.56 Å². The largest absolute Gasteiger partial charge is 0.248 e. The molecule has 0 bridgehead atoms. The Bertz CT molecular complexity index is 343. The molecule has 0 aliphatic heterocycles. The monoisotopic (exact) mass is 303 g/mol. The molecule has 0 saturated heterocycles. The average molecular weight is 305 g/mol. The highest BCUT2D eigenvalue weighted by Crippen LogP contribution is 2.35. The third-order valence-corrected chi connectivity index (χ3v) is 3.20. The molecule has 0 aliphatic carbocycles. The Morgan fingerprint density at radius 1 is 1.13 bits per heavy atom. The van der Waals surface area contributed by atoms with Crippen molar-refractivity contribution in [3.8, 4) is 0 Å². The van der Waals surface area contributed by atoms with Gasteiger partial charge in [-0.3, -0.25) is 0 Å². The van der Waals surface area contributed by atoms with E-state index < -0.39 is 9.29 Å². The lowest BCUT2D eigenvalue weighted by atomic mass is 10.2. The van der Waals surface area contributed by atoms with E-state index >= 15 is 0 Å². The van der Waals surface area contributed by atoms with Gasteiger partial charge in [0.05, 0.1) is 0 Å². The van der Waals surface area contributed by atoms with Crippen molar-refractivity contribution in [1.82, 2.24) is 0 Å². The highest BCUT2D eigenvalue weighted by atomic mass is 35.6. The van der Waals surface area contributed by atoms with Crippen LogP contribution < -0.4 is 0 Å². The van der Waals surface area contributed by atoms with Crippen molar-refractivity contribution in [1.29, 1.82) is 0 Å². The van der Waals surface area contributed by atoms with Gasteiger partial charge in [-0.05, 0) is 0 Å². The van der Waals surface area contributed by atoms with Gasteiger partial charge in [0.1, 0.15) is 5.17 Å². The van der Waals surface area contributed by atoms with Gasteiger partial charge >= 0.3 is 0 Å². The minimum Gasteiger partial charge on any atom is -0.248 e. The predicted octanol–water partition coefficient (Wildman–Crippen LogP) is 4.61. The molecule has 1 aromatic carbocycles. The molecule has 1 nitrogen and oxygen atoms in total. The van der Waals surface area contributed by atoms with Gasteiger partial charge in [-0.1, -0.05) is 88.3 Å². The molecule has 0 amide bonds. The molecule has 0 heterocycles. The molecule has 1 unspecified atom stereocenters. The lowest BCUT2D eigenvalue weighted by Crippen LogP contribution is -2.18. The molecule has 0 N–H and O–H groups in total. The first kappa shape index (κ1) is 13.4. The minimum absolute atomic E-state index is 0.210. The summed E-state index contributed by atoms with van der Waals surface area (Å²) >= 11 is 28.3. The van der Waals surface area contributed by atoms with Gasteiger partial charge in [0.25, 0.3) is 0 Å². The van der Waals surface area contributed by atoms with Crippen LogP contribution in [0.4, 0.5) is 0 Å². The second kappa shape index (κ2) is 5.60. The molecule has 0 spiro atoms. The first-order valence-corrected chi connectivity index (χ1v) is 5.85. The van der Waals surface area contributed by atoms with Crippen LogP contribution in [0, 0.1) is 0 Å². The van der Waals surface area contributed by atoms with Gasteiger partial charge in [0.15, 0.2) is 5.50 Å². The van der Waals surface area contributed by atoms with Crippen LogP contribution in [0.1, 0.15) is 5.56 Å². The maximum absolute atomic E-state index is 5.90. The van der Waals surface area contributed by atoms with E-state index in [2.05, 4.69) is 4.99 Å². The second-order valence-corrected chi connectivity index (χ2v) is 5.80. The van der Waals surface area contributed by atoms with Crippen LogP contribution in [0.15, 0.2) is 35.3 Å². The fourth-order valence-electron chi connectivity index (χ4n) is 0.823. The molecule has 0 aromatic heterocycles. The summed E-state index contributed by atoms with van der Waals surface area (Å²) in [5, 5.41) is 0.210. The van der Waals surface area contributed by atoms with Gasteiger partial charge in [0.2, 0.25) is 3.79 Å². The summed E-state index contributed by atoms with van der Waals surface area (Å²) in [6.45, 7) is 0. The molecular weight excluding hydrogens is 299 g/mol. The Hall–Kier alpha value is 0.340. The number of benzene rings is 1. The number of hydrogen-bond donors (Lipinski definition) is 0. The Labute approximate surface area is 113 Å². The number of nitrogens with zero attached hydrogens (tertiary/aromatic N) is 1. The zero-order chi connectivity index (χ0) is 11.5. The lowest BCUT2D eigenvalue weighted by Gasteiger charge is -2.14. The quantitative estimate of drug-likeness (QED) is 0.430. The minimum atomic E-state index is -1.67. The van der Waals surface area contributed by atoms with Crippen LogP contribution in [0.25, 0.3) is 0 Å². The van der Waals surface area contributed by atoms with Crippen LogP contribution in [0.3, 0.4) is 0 Å². The molecule has 15 heavy (non-hydrogen) atoms. The maximum Gasteiger partial charge on any atom is 0.226 e. The van der Waals surface area contributed by atoms with Crippen molar-refractivity contribution in [2.75, 3.05) is 0 Å². The van der Waals surface area contributed by atoms with E-state index in [1.165, 1.54) is 0 Å². The fraction of sp³-hybridized carbons (Fsp3) is 0.222. The van der Waals surface area contributed by atoms with E-state index in [-0.39, 0.29) is 5.17 Å². The molecule has 82 valence electrons. The molecule has 0 fully saturated rings. The van der Waals surface area contributed by atoms with Crippen LogP contribution in [-0.2, 0) is 0 Å². The molecule has 0 saturated carbocycles. The standard InChI is InChI=1S/C9H6Cl5N/c10-7(6-4-2-1-3-5-6)15-8(11)9(12,13)14/h1-5,8H/b15-7-.